The van der Waals surface area contributed by atoms with E-state index in [0.717, 1.165) is 28.4 Å². The second-order valence-electron chi connectivity index (χ2n) is 8.13. The van der Waals surface area contributed by atoms with Gasteiger partial charge in [0.25, 0.3) is 0 Å². The van der Waals surface area contributed by atoms with E-state index in [4.69, 9.17) is 4.74 Å². The van der Waals surface area contributed by atoms with Crippen LogP contribution in [0.2, 0.25) is 0 Å². The Morgan fingerprint density at radius 3 is 2.59 bits per heavy atom. The van der Waals surface area contributed by atoms with Crippen LogP contribution in [0.4, 0.5) is 22.1 Å². The first-order chi connectivity index (χ1) is 18.1. The fraction of sp³-hybridized carbons (Fsp3) is 0.107. The van der Waals surface area contributed by atoms with Gasteiger partial charge in [-0.25, -0.2) is 19.7 Å². The number of pyridine rings is 1. The first-order valence-electron chi connectivity index (χ1n) is 11.8. The van der Waals surface area contributed by atoms with Gasteiger partial charge in [0.2, 0.25) is 11.8 Å². The van der Waals surface area contributed by atoms with Crippen LogP contribution in [0.3, 0.4) is 0 Å². The molecule has 0 bridgehead atoms. The number of urea groups is 1. The number of nitrogens with zero attached hydrogens (tertiary/aromatic N) is 4. The van der Waals surface area contributed by atoms with Crippen molar-refractivity contribution in [1.82, 2.24) is 19.9 Å². The SMILES string of the molecule is CCc1cccc(NC(=O)Nc2ccc(Oc3ncccc3-c3ncnc(NC)n3)c3ccccc23)c1. The number of nitrogens with one attached hydrogen (secondary N) is 3. The number of aromatic nitrogens is 4. The molecule has 2 heterocycles. The van der Waals surface area contributed by atoms with Gasteiger partial charge in [0, 0.05) is 29.7 Å². The van der Waals surface area contributed by atoms with Crippen LogP contribution in [0.1, 0.15) is 12.5 Å². The fourth-order valence-corrected chi connectivity index (χ4v) is 3.92. The van der Waals surface area contributed by atoms with Crippen molar-refractivity contribution in [2.45, 2.75) is 13.3 Å². The van der Waals surface area contributed by atoms with Gasteiger partial charge in [-0.15, -0.1) is 0 Å². The molecule has 0 atom stereocenters. The summed E-state index contributed by atoms with van der Waals surface area (Å²) in [4.78, 5) is 29.9. The van der Waals surface area contributed by atoms with E-state index in [0.29, 0.717) is 34.7 Å². The Kier molecular flexibility index (Phi) is 6.84. The third kappa shape index (κ3) is 5.30. The van der Waals surface area contributed by atoms with Crippen molar-refractivity contribution in [3.8, 4) is 23.0 Å². The minimum absolute atomic E-state index is 0.325. The van der Waals surface area contributed by atoms with Gasteiger partial charge in [-0.2, -0.15) is 4.98 Å². The van der Waals surface area contributed by atoms with Crippen LogP contribution < -0.4 is 20.7 Å². The van der Waals surface area contributed by atoms with Crippen LogP contribution >= 0.6 is 0 Å². The van der Waals surface area contributed by atoms with E-state index in [-0.39, 0.29) is 6.03 Å². The lowest BCUT2D eigenvalue weighted by Gasteiger charge is -2.15. The molecule has 0 aliphatic carbocycles. The van der Waals surface area contributed by atoms with E-state index >= 15 is 0 Å². The van der Waals surface area contributed by atoms with Crippen molar-refractivity contribution in [2.24, 2.45) is 0 Å². The van der Waals surface area contributed by atoms with Crippen molar-refractivity contribution < 1.29 is 9.53 Å². The van der Waals surface area contributed by atoms with Gasteiger partial charge in [-0.1, -0.05) is 43.3 Å². The monoisotopic (exact) mass is 491 g/mol. The third-order valence-electron chi connectivity index (χ3n) is 5.74. The second-order valence-corrected chi connectivity index (χ2v) is 8.13. The summed E-state index contributed by atoms with van der Waals surface area (Å²) in [6.45, 7) is 2.08. The Labute approximate surface area is 214 Å². The number of benzene rings is 3. The molecule has 9 nitrogen and oxygen atoms in total. The average molecular weight is 492 g/mol. The lowest BCUT2D eigenvalue weighted by molar-refractivity contribution is 0.262. The van der Waals surface area contributed by atoms with Crippen molar-refractivity contribution in [2.75, 3.05) is 23.0 Å². The number of rotatable bonds is 7. The Morgan fingerprint density at radius 1 is 0.892 bits per heavy atom. The topological polar surface area (TPSA) is 114 Å². The Hall–Kier alpha value is -5.05. The van der Waals surface area contributed by atoms with Gasteiger partial charge in [-0.05, 0) is 48.4 Å². The lowest BCUT2D eigenvalue weighted by Crippen LogP contribution is -2.19. The maximum Gasteiger partial charge on any atom is 0.323 e. The highest BCUT2D eigenvalue weighted by atomic mass is 16.5. The van der Waals surface area contributed by atoms with Crippen molar-refractivity contribution in [3.63, 3.8) is 0 Å². The summed E-state index contributed by atoms with van der Waals surface area (Å²) in [5.41, 5.74) is 3.17. The number of fused-ring (bicyclic) bond motifs is 1. The molecule has 0 aliphatic heterocycles. The Bertz CT molecular complexity index is 1570. The zero-order valence-corrected chi connectivity index (χ0v) is 20.4. The molecule has 0 radical (unpaired) electrons. The molecule has 37 heavy (non-hydrogen) atoms. The zero-order chi connectivity index (χ0) is 25.6. The summed E-state index contributed by atoms with van der Waals surface area (Å²) in [6.07, 6.45) is 3.98. The van der Waals surface area contributed by atoms with Gasteiger partial charge < -0.3 is 20.7 Å². The minimum atomic E-state index is -0.325. The normalized spacial score (nSPS) is 10.6. The largest absolute Gasteiger partial charge is 0.438 e. The first kappa shape index (κ1) is 23.7. The number of aryl methyl sites for hydroxylation is 1. The molecule has 3 N–H and O–H groups in total. The zero-order valence-electron chi connectivity index (χ0n) is 20.4. The molecular weight excluding hydrogens is 466 g/mol. The predicted molar refractivity (Wildman–Crippen MR) is 145 cm³/mol. The molecule has 2 aromatic heterocycles. The van der Waals surface area contributed by atoms with Gasteiger partial charge in [-0.3, -0.25) is 0 Å². The molecule has 3 aromatic carbocycles. The third-order valence-corrected chi connectivity index (χ3v) is 5.74. The maximum atomic E-state index is 12.8. The number of carbonyl (C=O) groups excluding carboxylic acids is 1. The van der Waals surface area contributed by atoms with Gasteiger partial charge in [0.1, 0.15) is 12.1 Å². The number of carbonyl (C=O) groups is 1. The summed E-state index contributed by atoms with van der Waals surface area (Å²) in [7, 11) is 1.74. The standard InChI is InChI=1S/C28H25N7O2/c1-3-18-8-6-9-19(16-18)33-28(36)34-23-13-14-24(21-11-5-4-10-20(21)23)37-26-22(12-7-15-30-26)25-31-17-32-27(29-2)35-25/h4-17H,3H2,1-2H3,(H2,33,34,36)(H,29,31,32,35). The highest BCUT2D eigenvalue weighted by Crippen LogP contribution is 2.36. The van der Waals surface area contributed by atoms with E-state index in [2.05, 4.69) is 42.8 Å². The number of hydrogen-bond donors (Lipinski definition) is 3. The maximum absolute atomic E-state index is 12.8. The fourth-order valence-electron chi connectivity index (χ4n) is 3.92. The molecule has 0 saturated carbocycles. The molecule has 0 spiro atoms. The summed E-state index contributed by atoms with van der Waals surface area (Å²) in [5.74, 6) is 1.82. The molecule has 0 fully saturated rings. The van der Waals surface area contributed by atoms with Crippen LogP contribution in [-0.2, 0) is 6.42 Å². The van der Waals surface area contributed by atoms with Gasteiger partial charge >= 0.3 is 6.03 Å². The molecule has 0 unspecified atom stereocenters. The summed E-state index contributed by atoms with van der Waals surface area (Å²) < 4.78 is 6.27. The second kappa shape index (κ2) is 10.7. The molecule has 5 rings (SSSR count). The van der Waals surface area contributed by atoms with Crippen molar-refractivity contribution in [1.29, 1.82) is 0 Å². The van der Waals surface area contributed by atoms with Crippen LogP contribution in [-0.4, -0.2) is 33.0 Å². The first-order valence-corrected chi connectivity index (χ1v) is 11.8. The van der Waals surface area contributed by atoms with Crippen molar-refractivity contribution >= 4 is 34.1 Å². The van der Waals surface area contributed by atoms with E-state index in [9.17, 15) is 4.79 Å². The Morgan fingerprint density at radius 2 is 1.76 bits per heavy atom. The van der Waals surface area contributed by atoms with Gasteiger partial charge in [0.15, 0.2) is 5.82 Å². The average Bonchev–Trinajstić information content (AvgIpc) is 2.94. The van der Waals surface area contributed by atoms with E-state index in [1.165, 1.54) is 6.33 Å². The minimum Gasteiger partial charge on any atom is -0.438 e. The van der Waals surface area contributed by atoms with E-state index in [1.807, 2.05) is 60.7 Å². The van der Waals surface area contributed by atoms with E-state index in [1.54, 1.807) is 25.4 Å². The summed E-state index contributed by atoms with van der Waals surface area (Å²) in [5, 5.41) is 10.4. The summed E-state index contributed by atoms with van der Waals surface area (Å²) in [6, 6.07) is 22.4. The molecule has 9 heteroatoms. The number of ether oxygens (including phenoxy) is 1. The number of hydrogen-bond acceptors (Lipinski definition) is 7. The van der Waals surface area contributed by atoms with Crippen LogP contribution in [0.25, 0.3) is 22.2 Å². The lowest BCUT2D eigenvalue weighted by atomic mass is 10.1. The van der Waals surface area contributed by atoms with E-state index < -0.39 is 0 Å². The van der Waals surface area contributed by atoms with Crippen molar-refractivity contribution in [3.05, 3.63) is 90.9 Å². The van der Waals surface area contributed by atoms with Gasteiger partial charge in [0.05, 0.1) is 11.3 Å². The molecule has 2 amide bonds. The summed E-state index contributed by atoms with van der Waals surface area (Å²) >= 11 is 0. The molecular formula is C28H25N7O2. The number of amides is 2. The highest BCUT2D eigenvalue weighted by Gasteiger charge is 2.15. The molecule has 0 aliphatic rings. The quantitative estimate of drug-likeness (QED) is 0.251. The Balaban J connectivity index is 1.43. The smallest absolute Gasteiger partial charge is 0.323 e. The van der Waals surface area contributed by atoms with Crippen LogP contribution in [0.15, 0.2) is 85.3 Å². The number of anilines is 3. The molecule has 184 valence electrons. The predicted octanol–water partition coefficient (Wildman–Crippen LogP) is 6.13. The molecule has 5 aromatic rings. The van der Waals surface area contributed by atoms with Crippen LogP contribution in [0.5, 0.6) is 11.6 Å². The molecule has 0 saturated heterocycles. The highest BCUT2D eigenvalue weighted by molar-refractivity contribution is 6.07. The van der Waals surface area contributed by atoms with Crippen LogP contribution in [0, 0.1) is 0 Å².